The van der Waals surface area contributed by atoms with Gasteiger partial charge in [0.15, 0.2) is 0 Å². The van der Waals surface area contributed by atoms with Crippen molar-refractivity contribution in [1.82, 2.24) is 14.9 Å². The Kier molecular flexibility index (Phi) is 4.85. The van der Waals surface area contributed by atoms with Crippen LogP contribution in [0.15, 0.2) is 29.0 Å². The lowest BCUT2D eigenvalue weighted by molar-refractivity contribution is 0.0745. The Balaban J connectivity index is 1.69. The largest absolute Gasteiger partial charge is 0.353 e. The van der Waals surface area contributed by atoms with Gasteiger partial charge in [-0.05, 0) is 60.0 Å². The molecule has 126 valence electrons. The minimum Gasteiger partial charge on any atom is -0.353 e. The van der Waals surface area contributed by atoms with Gasteiger partial charge in [-0.3, -0.25) is 4.79 Å². The maximum Gasteiger partial charge on any atom is 0.255 e. The highest BCUT2D eigenvalue weighted by Gasteiger charge is 2.24. The van der Waals surface area contributed by atoms with Crippen molar-refractivity contribution in [2.45, 2.75) is 20.8 Å². The molecular weight excluding hydrogens is 368 g/mol. The van der Waals surface area contributed by atoms with E-state index < -0.39 is 0 Å². The fourth-order valence-electron chi connectivity index (χ4n) is 3.09. The summed E-state index contributed by atoms with van der Waals surface area (Å²) in [5.41, 5.74) is 3.79. The molecule has 0 unspecified atom stereocenters. The van der Waals surface area contributed by atoms with E-state index in [1.165, 1.54) is 11.1 Å². The zero-order chi connectivity index (χ0) is 17.3. The molecule has 1 saturated heterocycles. The van der Waals surface area contributed by atoms with Gasteiger partial charge in [0.2, 0.25) is 0 Å². The zero-order valence-electron chi connectivity index (χ0n) is 14.2. The number of carbonyl (C=O) groups excluding carboxylic acids is 1. The van der Waals surface area contributed by atoms with Gasteiger partial charge in [-0.1, -0.05) is 6.07 Å². The number of carbonyl (C=O) groups is 1. The highest BCUT2D eigenvalue weighted by Crippen LogP contribution is 2.20. The fraction of sp³-hybridized carbons (Fsp3) is 0.389. The molecule has 6 heteroatoms. The van der Waals surface area contributed by atoms with Gasteiger partial charge < -0.3 is 9.80 Å². The molecule has 2 aromatic heterocycles. The molecule has 0 atom stereocenters. The lowest BCUT2D eigenvalue weighted by Gasteiger charge is -2.36. The number of halogens is 1. The van der Waals surface area contributed by atoms with Gasteiger partial charge in [-0.2, -0.15) is 0 Å². The normalized spacial score (nSPS) is 14.8. The molecule has 1 fully saturated rings. The number of anilines is 1. The summed E-state index contributed by atoms with van der Waals surface area (Å²) in [6, 6.07) is 5.81. The molecule has 2 aromatic rings. The molecule has 1 aliphatic heterocycles. The second kappa shape index (κ2) is 6.89. The van der Waals surface area contributed by atoms with Crippen LogP contribution in [0.2, 0.25) is 0 Å². The van der Waals surface area contributed by atoms with Crippen LogP contribution < -0.4 is 4.90 Å². The van der Waals surface area contributed by atoms with Crippen LogP contribution in [0, 0.1) is 20.8 Å². The molecule has 5 nitrogen and oxygen atoms in total. The van der Waals surface area contributed by atoms with Gasteiger partial charge in [0.1, 0.15) is 10.4 Å². The third kappa shape index (κ3) is 3.43. The molecule has 1 amide bonds. The first kappa shape index (κ1) is 16.9. The van der Waals surface area contributed by atoms with Crippen LogP contribution in [-0.4, -0.2) is 47.0 Å². The summed E-state index contributed by atoms with van der Waals surface area (Å²) in [5.74, 6) is 1.08. The van der Waals surface area contributed by atoms with Gasteiger partial charge in [-0.15, -0.1) is 0 Å². The van der Waals surface area contributed by atoms with E-state index in [2.05, 4.69) is 50.7 Å². The predicted octanol–water partition coefficient (Wildman–Crippen LogP) is 3.13. The molecule has 1 aliphatic rings. The predicted molar refractivity (Wildman–Crippen MR) is 98.5 cm³/mol. The number of aromatic nitrogens is 2. The van der Waals surface area contributed by atoms with E-state index in [4.69, 9.17) is 0 Å². The number of pyridine rings is 2. The first-order valence-corrected chi connectivity index (χ1v) is 8.85. The van der Waals surface area contributed by atoms with Gasteiger partial charge in [-0.25, -0.2) is 9.97 Å². The van der Waals surface area contributed by atoms with E-state index in [1.54, 1.807) is 0 Å². The Labute approximate surface area is 150 Å². The van der Waals surface area contributed by atoms with Crippen molar-refractivity contribution in [2.24, 2.45) is 0 Å². The third-order valence-corrected chi connectivity index (χ3v) is 4.78. The van der Waals surface area contributed by atoms with Crippen molar-refractivity contribution in [2.75, 3.05) is 31.1 Å². The minimum absolute atomic E-state index is 0.0562. The van der Waals surface area contributed by atoms with Gasteiger partial charge >= 0.3 is 0 Å². The highest BCUT2D eigenvalue weighted by molar-refractivity contribution is 9.10. The lowest BCUT2D eigenvalue weighted by Crippen LogP contribution is -2.49. The summed E-state index contributed by atoms with van der Waals surface area (Å²) in [6.45, 7) is 9.00. The Morgan fingerprint density at radius 3 is 2.46 bits per heavy atom. The molecule has 3 heterocycles. The highest BCUT2D eigenvalue weighted by atomic mass is 79.9. The Morgan fingerprint density at radius 1 is 1.12 bits per heavy atom. The summed E-state index contributed by atoms with van der Waals surface area (Å²) in [7, 11) is 0. The average molecular weight is 389 g/mol. The Morgan fingerprint density at radius 2 is 1.83 bits per heavy atom. The van der Waals surface area contributed by atoms with Crippen LogP contribution in [0.4, 0.5) is 5.82 Å². The summed E-state index contributed by atoms with van der Waals surface area (Å²) in [6.07, 6.45) is 1.90. The average Bonchev–Trinajstić information content (AvgIpc) is 2.54. The molecule has 0 aliphatic carbocycles. The molecule has 0 N–H and O–H groups in total. The fourth-order valence-corrected chi connectivity index (χ4v) is 3.49. The number of aryl methyl sites for hydroxylation is 3. The topological polar surface area (TPSA) is 49.3 Å². The zero-order valence-corrected chi connectivity index (χ0v) is 15.8. The summed E-state index contributed by atoms with van der Waals surface area (Å²) < 4.78 is 0.752. The van der Waals surface area contributed by atoms with E-state index in [0.29, 0.717) is 18.7 Å². The van der Waals surface area contributed by atoms with E-state index in [9.17, 15) is 4.79 Å². The maximum absolute atomic E-state index is 12.7. The second-order valence-corrected chi connectivity index (χ2v) is 7.01. The first-order valence-electron chi connectivity index (χ1n) is 8.06. The molecular formula is C18H21BrN4O. The quantitative estimate of drug-likeness (QED) is 0.741. The van der Waals surface area contributed by atoms with Crippen molar-refractivity contribution in [3.05, 3.63) is 51.4 Å². The molecule has 0 aromatic carbocycles. The van der Waals surface area contributed by atoms with E-state index in [-0.39, 0.29) is 5.91 Å². The summed E-state index contributed by atoms with van der Waals surface area (Å²) in [4.78, 5) is 25.8. The molecule has 0 spiro atoms. The number of piperazine rings is 1. The van der Waals surface area contributed by atoms with Crippen molar-refractivity contribution in [1.29, 1.82) is 0 Å². The molecule has 0 bridgehead atoms. The smallest absolute Gasteiger partial charge is 0.255 e. The van der Waals surface area contributed by atoms with E-state index in [1.807, 2.05) is 30.2 Å². The maximum atomic E-state index is 12.7. The van der Waals surface area contributed by atoms with Crippen LogP contribution in [-0.2, 0) is 0 Å². The molecule has 24 heavy (non-hydrogen) atoms. The molecule has 0 radical (unpaired) electrons. The monoisotopic (exact) mass is 388 g/mol. The van der Waals surface area contributed by atoms with Crippen LogP contribution in [0.5, 0.6) is 0 Å². The van der Waals surface area contributed by atoms with E-state index >= 15 is 0 Å². The first-order chi connectivity index (χ1) is 11.5. The van der Waals surface area contributed by atoms with E-state index in [0.717, 1.165) is 29.2 Å². The van der Waals surface area contributed by atoms with Crippen molar-refractivity contribution in [3.63, 3.8) is 0 Å². The third-order valence-electron chi connectivity index (χ3n) is 4.34. The minimum atomic E-state index is 0.0562. The lowest BCUT2D eigenvalue weighted by atomic mass is 10.1. The number of hydrogen-bond donors (Lipinski definition) is 0. The number of amides is 1. The molecule has 0 saturated carbocycles. The van der Waals surface area contributed by atoms with Crippen molar-refractivity contribution < 1.29 is 4.79 Å². The SMILES string of the molecule is Cc1cnc(N2CCN(C(=O)c3ccc(Br)nc3C)CC2)c(C)c1. The number of nitrogens with zero attached hydrogens (tertiary/aromatic N) is 4. The van der Waals surface area contributed by atoms with Gasteiger partial charge in [0, 0.05) is 32.4 Å². The number of rotatable bonds is 2. The second-order valence-electron chi connectivity index (χ2n) is 6.20. The van der Waals surface area contributed by atoms with Gasteiger partial charge in [0.05, 0.1) is 11.3 Å². The van der Waals surface area contributed by atoms with Crippen molar-refractivity contribution in [3.8, 4) is 0 Å². The van der Waals surface area contributed by atoms with Gasteiger partial charge in [0.25, 0.3) is 5.91 Å². The number of hydrogen-bond acceptors (Lipinski definition) is 4. The summed E-state index contributed by atoms with van der Waals surface area (Å²) >= 11 is 3.34. The standard InChI is InChI=1S/C18H21BrN4O/c1-12-10-13(2)17(20-11-12)22-6-8-23(9-7-22)18(24)15-4-5-16(19)21-14(15)3/h4-5,10-11H,6-9H2,1-3H3. The van der Waals surface area contributed by atoms with Crippen LogP contribution in [0.25, 0.3) is 0 Å². The Hall–Kier alpha value is -1.95. The Bertz CT molecular complexity index is 770. The van der Waals surface area contributed by atoms with Crippen LogP contribution in [0.3, 0.4) is 0 Å². The summed E-state index contributed by atoms with van der Waals surface area (Å²) in [5, 5.41) is 0. The van der Waals surface area contributed by atoms with Crippen LogP contribution >= 0.6 is 15.9 Å². The van der Waals surface area contributed by atoms with Crippen molar-refractivity contribution >= 4 is 27.7 Å². The molecule has 3 rings (SSSR count). The van der Waals surface area contributed by atoms with Crippen LogP contribution in [0.1, 0.15) is 27.2 Å².